The SMILES string of the molecule is C#CCOc1ccc2ccccc2c1C=Nc1sc2c(c1C(=O)Nc1ccc(C)cc1)CCCCCC2. The summed E-state index contributed by atoms with van der Waals surface area (Å²) in [4.78, 5) is 19.9. The fourth-order valence-corrected chi connectivity index (χ4v) is 6.07. The Morgan fingerprint density at radius 3 is 2.65 bits per heavy atom. The lowest BCUT2D eigenvalue weighted by Crippen LogP contribution is -2.14. The van der Waals surface area contributed by atoms with Crippen LogP contribution in [0.3, 0.4) is 0 Å². The first-order valence-electron chi connectivity index (χ1n) is 12.8. The van der Waals surface area contributed by atoms with Crippen molar-refractivity contribution in [1.29, 1.82) is 0 Å². The first-order valence-corrected chi connectivity index (χ1v) is 13.6. The van der Waals surface area contributed by atoms with Crippen molar-refractivity contribution in [3.05, 3.63) is 87.8 Å². The van der Waals surface area contributed by atoms with Crippen molar-refractivity contribution in [3.8, 4) is 18.1 Å². The maximum absolute atomic E-state index is 13.7. The smallest absolute Gasteiger partial charge is 0.259 e. The molecule has 1 aliphatic carbocycles. The minimum atomic E-state index is -0.101. The summed E-state index contributed by atoms with van der Waals surface area (Å²) in [6.07, 6.45) is 13.8. The van der Waals surface area contributed by atoms with Crippen LogP contribution in [0.25, 0.3) is 10.8 Å². The van der Waals surface area contributed by atoms with Gasteiger partial charge in [-0.05, 0) is 67.1 Å². The van der Waals surface area contributed by atoms with Gasteiger partial charge in [0.25, 0.3) is 5.91 Å². The third kappa shape index (κ3) is 5.60. The third-order valence-electron chi connectivity index (χ3n) is 6.74. The topological polar surface area (TPSA) is 50.7 Å². The second kappa shape index (κ2) is 11.5. The number of aliphatic imine (C=N–C) groups is 1. The Morgan fingerprint density at radius 2 is 1.84 bits per heavy atom. The zero-order valence-corrected chi connectivity index (χ0v) is 21.9. The second-order valence-electron chi connectivity index (χ2n) is 9.37. The van der Waals surface area contributed by atoms with Gasteiger partial charge in [-0.2, -0.15) is 0 Å². The molecule has 0 atom stereocenters. The van der Waals surface area contributed by atoms with E-state index in [1.807, 2.05) is 61.7 Å². The van der Waals surface area contributed by atoms with Crippen molar-refractivity contribution >= 4 is 44.9 Å². The third-order valence-corrected chi connectivity index (χ3v) is 7.94. The van der Waals surface area contributed by atoms with E-state index in [2.05, 4.69) is 23.4 Å². The molecule has 1 amide bonds. The van der Waals surface area contributed by atoms with Crippen molar-refractivity contribution in [2.45, 2.75) is 45.4 Å². The Labute approximate surface area is 222 Å². The van der Waals surface area contributed by atoms with Gasteiger partial charge in [0.2, 0.25) is 0 Å². The highest BCUT2D eigenvalue weighted by Crippen LogP contribution is 2.40. The molecule has 0 spiro atoms. The van der Waals surface area contributed by atoms with Crippen molar-refractivity contribution in [2.75, 3.05) is 11.9 Å². The van der Waals surface area contributed by atoms with Crippen molar-refractivity contribution in [3.63, 3.8) is 0 Å². The molecule has 3 aromatic carbocycles. The van der Waals surface area contributed by atoms with Gasteiger partial charge in [0, 0.05) is 22.3 Å². The number of amides is 1. The zero-order chi connectivity index (χ0) is 25.6. The number of fused-ring (bicyclic) bond motifs is 2. The number of thiophene rings is 1. The monoisotopic (exact) mass is 506 g/mol. The Hall–Kier alpha value is -3.88. The van der Waals surface area contributed by atoms with Gasteiger partial charge >= 0.3 is 0 Å². The predicted molar refractivity (Wildman–Crippen MR) is 155 cm³/mol. The number of rotatable bonds is 6. The minimum Gasteiger partial charge on any atom is -0.480 e. The molecule has 4 aromatic rings. The molecule has 186 valence electrons. The van der Waals surface area contributed by atoms with Crippen LogP contribution in [0.2, 0.25) is 0 Å². The fourth-order valence-electron chi connectivity index (χ4n) is 4.84. The highest BCUT2D eigenvalue weighted by molar-refractivity contribution is 7.16. The van der Waals surface area contributed by atoms with Gasteiger partial charge < -0.3 is 10.1 Å². The molecule has 0 saturated heterocycles. The number of hydrogen-bond acceptors (Lipinski definition) is 4. The van der Waals surface area contributed by atoms with E-state index in [9.17, 15) is 4.79 Å². The maximum Gasteiger partial charge on any atom is 0.259 e. The number of aryl methyl sites for hydroxylation is 2. The van der Waals surface area contributed by atoms with Gasteiger partial charge in [0.05, 0.1) is 5.56 Å². The molecule has 1 aromatic heterocycles. The molecule has 1 N–H and O–H groups in total. The molecule has 5 rings (SSSR count). The lowest BCUT2D eigenvalue weighted by Gasteiger charge is -2.12. The molecule has 1 heterocycles. The first-order chi connectivity index (χ1) is 18.1. The number of carbonyl (C=O) groups is 1. The van der Waals surface area contributed by atoms with E-state index in [0.29, 0.717) is 11.3 Å². The molecule has 4 nitrogen and oxygen atoms in total. The average molecular weight is 507 g/mol. The summed E-state index contributed by atoms with van der Waals surface area (Å²) in [7, 11) is 0. The van der Waals surface area contributed by atoms with Crippen LogP contribution in [0.5, 0.6) is 5.75 Å². The van der Waals surface area contributed by atoms with E-state index in [-0.39, 0.29) is 12.5 Å². The number of carbonyl (C=O) groups excluding carboxylic acids is 1. The summed E-state index contributed by atoms with van der Waals surface area (Å²) in [5, 5.41) is 5.97. The number of ether oxygens (including phenoxy) is 1. The minimum absolute atomic E-state index is 0.101. The largest absolute Gasteiger partial charge is 0.480 e. The Balaban J connectivity index is 1.58. The standard InChI is InChI=1S/C32H30N2O2S/c1-3-20-36-28-19-16-23-10-8-9-11-25(23)27(28)21-33-32-30(26-12-6-4-5-7-13-29(26)37-32)31(35)34-24-17-14-22(2)15-18-24/h1,8-11,14-19,21H,4-7,12-13,20H2,2H3,(H,34,35). The summed E-state index contributed by atoms with van der Waals surface area (Å²) in [6.45, 7) is 2.21. The number of hydrogen-bond donors (Lipinski definition) is 1. The summed E-state index contributed by atoms with van der Waals surface area (Å²) in [5.41, 5.74) is 4.66. The van der Waals surface area contributed by atoms with Crippen LogP contribution < -0.4 is 10.1 Å². The average Bonchev–Trinajstić information content (AvgIpc) is 3.23. The van der Waals surface area contributed by atoms with Crippen molar-refractivity contribution in [2.24, 2.45) is 4.99 Å². The molecular weight excluding hydrogens is 476 g/mol. The Morgan fingerprint density at radius 1 is 1.05 bits per heavy atom. The van der Waals surface area contributed by atoms with E-state index >= 15 is 0 Å². The lowest BCUT2D eigenvalue weighted by molar-refractivity contribution is 0.102. The second-order valence-corrected chi connectivity index (χ2v) is 10.5. The number of anilines is 1. The molecule has 0 saturated carbocycles. The number of nitrogens with zero attached hydrogens (tertiary/aromatic N) is 1. The number of nitrogens with one attached hydrogen (secondary N) is 1. The molecule has 5 heteroatoms. The molecule has 0 radical (unpaired) electrons. The Kier molecular flexibility index (Phi) is 7.67. The van der Waals surface area contributed by atoms with Crippen molar-refractivity contribution in [1.82, 2.24) is 0 Å². The van der Waals surface area contributed by atoms with Crippen LogP contribution in [0.4, 0.5) is 10.7 Å². The number of benzene rings is 3. The van der Waals surface area contributed by atoms with Gasteiger partial charge in [-0.3, -0.25) is 4.79 Å². The van der Waals surface area contributed by atoms with Gasteiger partial charge in [0.1, 0.15) is 17.4 Å². The Bertz CT molecular complexity index is 1490. The molecule has 1 aliphatic rings. The van der Waals surface area contributed by atoms with E-state index in [1.165, 1.54) is 17.7 Å². The van der Waals surface area contributed by atoms with Crippen LogP contribution in [-0.4, -0.2) is 18.7 Å². The van der Waals surface area contributed by atoms with Gasteiger partial charge in [-0.1, -0.05) is 66.8 Å². The summed E-state index contributed by atoms with van der Waals surface area (Å²) in [6, 6.07) is 20.0. The van der Waals surface area contributed by atoms with Crippen LogP contribution in [0.1, 0.15) is 57.6 Å². The van der Waals surface area contributed by atoms with Crippen LogP contribution in [-0.2, 0) is 12.8 Å². The maximum atomic E-state index is 13.7. The molecule has 0 unspecified atom stereocenters. The molecule has 0 aliphatic heterocycles. The van der Waals surface area contributed by atoms with E-state index in [1.54, 1.807) is 11.3 Å². The summed E-state index contributed by atoms with van der Waals surface area (Å²) >= 11 is 1.64. The molecular formula is C32H30N2O2S. The first kappa shape index (κ1) is 24.8. The molecule has 0 bridgehead atoms. The van der Waals surface area contributed by atoms with Crippen LogP contribution >= 0.6 is 11.3 Å². The van der Waals surface area contributed by atoms with E-state index < -0.39 is 0 Å². The molecule has 37 heavy (non-hydrogen) atoms. The van der Waals surface area contributed by atoms with Gasteiger partial charge in [0.15, 0.2) is 0 Å². The fraction of sp³-hybridized carbons (Fsp3) is 0.250. The van der Waals surface area contributed by atoms with Crippen LogP contribution in [0.15, 0.2) is 65.7 Å². The highest BCUT2D eigenvalue weighted by atomic mass is 32.1. The predicted octanol–water partition coefficient (Wildman–Crippen LogP) is 7.88. The van der Waals surface area contributed by atoms with E-state index in [4.69, 9.17) is 16.2 Å². The van der Waals surface area contributed by atoms with E-state index in [0.717, 1.165) is 63.8 Å². The molecule has 0 fully saturated rings. The normalized spacial score (nSPS) is 13.5. The van der Waals surface area contributed by atoms with Crippen molar-refractivity contribution < 1.29 is 9.53 Å². The number of terminal acetylenes is 1. The lowest BCUT2D eigenvalue weighted by atomic mass is 9.96. The van der Waals surface area contributed by atoms with Gasteiger partial charge in [-0.25, -0.2) is 4.99 Å². The summed E-state index contributed by atoms with van der Waals surface area (Å²) < 4.78 is 5.86. The highest BCUT2D eigenvalue weighted by Gasteiger charge is 2.24. The van der Waals surface area contributed by atoms with Gasteiger partial charge in [-0.15, -0.1) is 17.8 Å². The summed E-state index contributed by atoms with van der Waals surface area (Å²) in [5.74, 6) is 3.12. The van der Waals surface area contributed by atoms with Crippen LogP contribution in [0, 0.1) is 19.3 Å². The zero-order valence-electron chi connectivity index (χ0n) is 21.0. The quantitative estimate of drug-likeness (QED) is 0.214.